The number of alkyl halides is 1. The van der Waals surface area contributed by atoms with Crippen LogP contribution in [0, 0.1) is 12.8 Å². The monoisotopic (exact) mass is 287 g/mol. The summed E-state index contributed by atoms with van der Waals surface area (Å²) in [5.41, 5.74) is 1.30. The van der Waals surface area contributed by atoms with Crippen molar-refractivity contribution in [2.24, 2.45) is 5.92 Å². The second-order valence-electron chi connectivity index (χ2n) is 4.48. The van der Waals surface area contributed by atoms with Crippen molar-refractivity contribution < 1.29 is 0 Å². The number of aryl methyl sites for hydroxylation is 1. The number of thiazole rings is 1. The van der Waals surface area contributed by atoms with Gasteiger partial charge in [0.2, 0.25) is 0 Å². The average molecular weight is 288 g/mol. The molecule has 0 amide bonds. The third-order valence-electron chi connectivity index (χ3n) is 3.20. The second-order valence-corrected chi connectivity index (χ2v) is 6.71. The first-order valence-corrected chi connectivity index (χ1v) is 7.60. The Labute approximate surface area is 104 Å². The van der Waals surface area contributed by atoms with Crippen molar-refractivity contribution in [1.29, 1.82) is 0 Å². The van der Waals surface area contributed by atoms with Gasteiger partial charge in [0.05, 0.1) is 10.7 Å². The Kier molecular flexibility index (Phi) is 4.21. The van der Waals surface area contributed by atoms with Crippen LogP contribution < -0.4 is 0 Å². The van der Waals surface area contributed by atoms with E-state index in [1.807, 2.05) is 0 Å². The van der Waals surface area contributed by atoms with E-state index in [-0.39, 0.29) is 0 Å². The van der Waals surface area contributed by atoms with Gasteiger partial charge < -0.3 is 0 Å². The molecule has 1 heterocycles. The molecule has 0 aromatic carbocycles. The number of hydrogen-bond acceptors (Lipinski definition) is 2. The maximum Gasteiger partial charge on any atom is 0.0897 e. The highest BCUT2D eigenvalue weighted by molar-refractivity contribution is 9.09. The third-order valence-corrected chi connectivity index (χ3v) is 5.23. The molecule has 0 N–H and O–H groups in total. The molecule has 1 aliphatic carbocycles. The molecule has 0 radical (unpaired) electrons. The molecule has 0 spiro atoms. The zero-order chi connectivity index (χ0) is 10.7. The predicted molar refractivity (Wildman–Crippen MR) is 69.8 cm³/mol. The number of nitrogens with zero attached hydrogens (tertiary/aromatic N) is 1. The molecule has 1 aliphatic rings. The number of halogens is 1. The van der Waals surface area contributed by atoms with Crippen molar-refractivity contribution in [1.82, 2.24) is 4.98 Å². The molecule has 0 bridgehead atoms. The van der Waals surface area contributed by atoms with Gasteiger partial charge in [0.25, 0.3) is 0 Å². The van der Waals surface area contributed by atoms with Crippen molar-refractivity contribution in [2.45, 2.75) is 50.3 Å². The van der Waals surface area contributed by atoms with E-state index in [2.05, 4.69) is 33.2 Å². The van der Waals surface area contributed by atoms with Crippen molar-refractivity contribution in [3.8, 4) is 0 Å². The fraction of sp³-hybridized carbons (Fsp3) is 0.750. The van der Waals surface area contributed by atoms with Gasteiger partial charge in [-0.15, -0.1) is 11.3 Å². The summed E-state index contributed by atoms with van der Waals surface area (Å²) in [4.78, 5) is 5.28. The molecule has 2 unspecified atom stereocenters. The summed E-state index contributed by atoms with van der Waals surface area (Å²) in [5, 5.41) is 3.42. The Balaban J connectivity index is 1.97. The minimum absolute atomic E-state index is 0.710. The zero-order valence-electron chi connectivity index (χ0n) is 9.21. The molecule has 1 nitrogen and oxygen atoms in total. The van der Waals surface area contributed by atoms with E-state index in [9.17, 15) is 0 Å². The van der Waals surface area contributed by atoms with Gasteiger partial charge in [0, 0.05) is 10.2 Å². The van der Waals surface area contributed by atoms with Crippen LogP contribution in [0.4, 0.5) is 0 Å². The van der Waals surface area contributed by atoms with E-state index in [4.69, 9.17) is 0 Å². The number of rotatable bonds is 2. The number of aromatic nitrogens is 1. The molecule has 0 aliphatic heterocycles. The minimum atomic E-state index is 0.710. The number of hydrogen-bond donors (Lipinski definition) is 0. The van der Waals surface area contributed by atoms with Crippen LogP contribution in [0.1, 0.15) is 42.8 Å². The summed E-state index contributed by atoms with van der Waals surface area (Å²) < 4.78 is 0. The molecule has 1 aromatic heterocycles. The first-order chi connectivity index (χ1) is 7.25. The van der Waals surface area contributed by atoms with E-state index in [0.29, 0.717) is 4.83 Å². The van der Waals surface area contributed by atoms with Gasteiger partial charge >= 0.3 is 0 Å². The van der Waals surface area contributed by atoms with Crippen molar-refractivity contribution in [3.05, 3.63) is 16.1 Å². The van der Waals surface area contributed by atoms with Crippen LogP contribution in [0.5, 0.6) is 0 Å². The third kappa shape index (κ3) is 3.28. The summed E-state index contributed by atoms with van der Waals surface area (Å²) in [6.07, 6.45) is 8.08. The first kappa shape index (κ1) is 11.6. The molecule has 1 saturated carbocycles. The molecule has 1 fully saturated rings. The molecule has 84 valence electrons. The van der Waals surface area contributed by atoms with E-state index >= 15 is 0 Å². The van der Waals surface area contributed by atoms with Crippen LogP contribution in [0.2, 0.25) is 0 Å². The van der Waals surface area contributed by atoms with Crippen LogP contribution in [0.25, 0.3) is 0 Å². The van der Waals surface area contributed by atoms with Crippen molar-refractivity contribution in [3.63, 3.8) is 0 Å². The summed E-state index contributed by atoms with van der Waals surface area (Å²) in [6.45, 7) is 2.09. The maximum atomic E-state index is 4.57. The fourth-order valence-electron chi connectivity index (χ4n) is 2.34. The molecule has 0 saturated heterocycles. The Hall–Kier alpha value is 0.110. The van der Waals surface area contributed by atoms with Gasteiger partial charge in [-0.1, -0.05) is 35.2 Å². The van der Waals surface area contributed by atoms with Gasteiger partial charge in [-0.3, -0.25) is 0 Å². The van der Waals surface area contributed by atoms with Gasteiger partial charge in [0.1, 0.15) is 0 Å². The van der Waals surface area contributed by atoms with Gasteiger partial charge in [-0.2, -0.15) is 0 Å². The zero-order valence-corrected chi connectivity index (χ0v) is 11.6. The lowest BCUT2D eigenvalue weighted by Gasteiger charge is -2.18. The van der Waals surface area contributed by atoms with Crippen LogP contribution >= 0.6 is 27.3 Å². The molecule has 2 rings (SSSR count). The standard InChI is InChI=1S/C12H18BrNS/c1-9-14-11(8-15-9)7-10-5-3-2-4-6-12(10)13/h8,10,12H,2-7H2,1H3. The molecule has 2 atom stereocenters. The van der Waals surface area contributed by atoms with E-state index < -0.39 is 0 Å². The predicted octanol–water partition coefficient (Wildman–Crippen LogP) is 4.34. The van der Waals surface area contributed by atoms with Crippen LogP contribution in [0.15, 0.2) is 5.38 Å². The summed E-state index contributed by atoms with van der Waals surface area (Å²) in [6, 6.07) is 0. The lowest BCUT2D eigenvalue weighted by molar-refractivity contribution is 0.471. The van der Waals surface area contributed by atoms with E-state index in [0.717, 1.165) is 5.92 Å². The highest BCUT2D eigenvalue weighted by atomic mass is 79.9. The average Bonchev–Trinajstić information content (AvgIpc) is 2.50. The second kappa shape index (κ2) is 5.44. The topological polar surface area (TPSA) is 12.9 Å². The minimum Gasteiger partial charge on any atom is -0.247 e. The molecule has 15 heavy (non-hydrogen) atoms. The summed E-state index contributed by atoms with van der Waals surface area (Å²) >= 11 is 5.62. The smallest absolute Gasteiger partial charge is 0.0897 e. The highest BCUT2D eigenvalue weighted by Gasteiger charge is 2.22. The molecular weight excluding hydrogens is 270 g/mol. The van der Waals surface area contributed by atoms with E-state index in [1.165, 1.54) is 49.2 Å². The van der Waals surface area contributed by atoms with Gasteiger partial charge in [0.15, 0.2) is 0 Å². The van der Waals surface area contributed by atoms with Gasteiger partial charge in [-0.05, 0) is 32.1 Å². The van der Waals surface area contributed by atoms with Crippen molar-refractivity contribution >= 4 is 27.3 Å². The summed E-state index contributed by atoms with van der Waals surface area (Å²) in [7, 11) is 0. The Bertz CT molecular complexity index is 310. The Morgan fingerprint density at radius 1 is 1.40 bits per heavy atom. The Morgan fingerprint density at radius 2 is 2.20 bits per heavy atom. The fourth-order valence-corrected chi connectivity index (χ4v) is 3.74. The van der Waals surface area contributed by atoms with Crippen LogP contribution in [-0.4, -0.2) is 9.81 Å². The quantitative estimate of drug-likeness (QED) is 0.583. The van der Waals surface area contributed by atoms with Crippen molar-refractivity contribution in [2.75, 3.05) is 0 Å². The SMILES string of the molecule is Cc1nc(CC2CCCCCC2Br)cs1. The largest absolute Gasteiger partial charge is 0.247 e. The van der Waals surface area contributed by atoms with Crippen LogP contribution in [-0.2, 0) is 6.42 Å². The lowest BCUT2D eigenvalue weighted by atomic mass is 9.95. The lowest BCUT2D eigenvalue weighted by Crippen LogP contribution is -2.15. The normalized spacial score (nSPS) is 27.6. The van der Waals surface area contributed by atoms with E-state index in [1.54, 1.807) is 11.3 Å². The van der Waals surface area contributed by atoms with Crippen LogP contribution in [0.3, 0.4) is 0 Å². The molecule has 3 heteroatoms. The summed E-state index contributed by atoms with van der Waals surface area (Å²) in [5.74, 6) is 0.800. The maximum absolute atomic E-state index is 4.57. The molecular formula is C12H18BrNS. The Morgan fingerprint density at radius 3 is 2.93 bits per heavy atom. The first-order valence-electron chi connectivity index (χ1n) is 5.81. The van der Waals surface area contributed by atoms with Gasteiger partial charge in [-0.25, -0.2) is 4.98 Å². The molecule has 1 aromatic rings. The highest BCUT2D eigenvalue weighted by Crippen LogP contribution is 2.31.